The van der Waals surface area contributed by atoms with Crippen LogP contribution >= 0.6 is 23.1 Å². The van der Waals surface area contributed by atoms with E-state index in [2.05, 4.69) is 15.5 Å². The molecule has 0 bridgehead atoms. The number of aromatic nitrogens is 3. The van der Waals surface area contributed by atoms with Crippen molar-refractivity contribution >= 4 is 44.8 Å². The number of nitrogens with one attached hydrogen (secondary N) is 1. The van der Waals surface area contributed by atoms with E-state index in [0.717, 1.165) is 33.6 Å². The molecule has 10 heteroatoms. The topological polar surface area (TPSA) is 59.8 Å². The van der Waals surface area contributed by atoms with Gasteiger partial charge in [0, 0.05) is 33.3 Å². The predicted molar refractivity (Wildman–Crippen MR) is 117 cm³/mol. The first-order valence-corrected chi connectivity index (χ1v) is 11.2. The number of nitrogens with zero attached hydrogens (tertiary/aromatic N) is 3. The van der Waals surface area contributed by atoms with Gasteiger partial charge in [-0.25, -0.2) is 0 Å². The Labute approximate surface area is 184 Å². The van der Waals surface area contributed by atoms with E-state index in [4.69, 9.17) is 0 Å². The van der Waals surface area contributed by atoms with Gasteiger partial charge in [-0.1, -0.05) is 36.0 Å². The molecule has 0 atom stereocenters. The Hall–Kier alpha value is -2.85. The average Bonchev–Trinajstić information content (AvgIpc) is 3.35. The SMILES string of the molecule is CCn1c(SCC(=O)Nc2cccc(C(F)(F)F)c2)nnc1-c1csc2ccccc12. The van der Waals surface area contributed by atoms with Crippen molar-refractivity contribution < 1.29 is 18.0 Å². The van der Waals surface area contributed by atoms with Crippen molar-refractivity contribution in [3.8, 4) is 11.4 Å². The smallest absolute Gasteiger partial charge is 0.325 e. The monoisotopic (exact) mass is 462 g/mol. The summed E-state index contributed by atoms with van der Waals surface area (Å²) in [7, 11) is 0. The zero-order valence-electron chi connectivity index (χ0n) is 16.3. The fourth-order valence-corrected chi connectivity index (χ4v) is 4.87. The molecule has 2 aromatic heterocycles. The lowest BCUT2D eigenvalue weighted by Gasteiger charge is -2.10. The van der Waals surface area contributed by atoms with E-state index < -0.39 is 17.6 Å². The highest BCUT2D eigenvalue weighted by Gasteiger charge is 2.30. The van der Waals surface area contributed by atoms with Gasteiger partial charge >= 0.3 is 6.18 Å². The molecule has 5 nitrogen and oxygen atoms in total. The summed E-state index contributed by atoms with van der Waals surface area (Å²) in [5, 5.41) is 14.8. The number of benzene rings is 2. The Balaban J connectivity index is 1.48. The molecule has 1 N–H and O–H groups in total. The summed E-state index contributed by atoms with van der Waals surface area (Å²) in [6.45, 7) is 2.58. The Morgan fingerprint density at radius 2 is 1.97 bits per heavy atom. The number of alkyl halides is 3. The Bertz CT molecular complexity index is 1230. The highest BCUT2D eigenvalue weighted by molar-refractivity contribution is 7.99. The second-order valence-electron chi connectivity index (χ2n) is 6.61. The standard InChI is InChI=1S/C21H17F3N4OS2/c1-2-28-19(16-11-30-17-9-4-3-8-15(16)17)26-27-20(28)31-12-18(29)25-14-7-5-6-13(10-14)21(22,23)24/h3-11H,2,12H2,1H3,(H,25,29). The van der Waals surface area contributed by atoms with Crippen LogP contribution in [-0.2, 0) is 17.5 Å². The normalized spacial score (nSPS) is 11.7. The van der Waals surface area contributed by atoms with Crippen molar-refractivity contribution in [1.29, 1.82) is 0 Å². The van der Waals surface area contributed by atoms with Crippen molar-refractivity contribution in [2.24, 2.45) is 0 Å². The fourth-order valence-electron chi connectivity index (χ4n) is 3.13. The maximum Gasteiger partial charge on any atom is 0.416 e. The van der Waals surface area contributed by atoms with E-state index >= 15 is 0 Å². The summed E-state index contributed by atoms with van der Waals surface area (Å²) in [4.78, 5) is 12.3. The molecule has 0 saturated heterocycles. The van der Waals surface area contributed by atoms with Gasteiger partial charge in [0.2, 0.25) is 5.91 Å². The Kier molecular flexibility index (Phi) is 6.01. The predicted octanol–water partition coefficient (Wildman–Crippen LogP) is 5.93. The van der Waals surface area contributed by atoms with Crippen LogP contribution in [-0.4, -0.2) is 26.4 Å². The maximum absolute atomic E-state index is 12.8. The van der Waals surface area contributed by atoms with Gasteiger partial charge in [0.05, 0.1) is 11.3 Å². The zero-order valence-corrected chi connectivity index (χ0v) is 17.9. The van der Waals surface area contributed by atoms with Crippen LogP contribution in [0.15, 0.2) is 59.1 Å². The summed E-state index contributed by atoms with van der Waals surface area (Å²) >= 11 is 2.82. The lowest BCUT2D eigenvalue weighted by Crippen LogP contribution is -2.15. The molecule has 0 saturated carbocycles. The summed E-state index contributed by atoms with van der Waals surface area (Å²) in [5.41, 5.74) is 0.273. The number of amides is 1. The maximum atomic E-state index is 12.8. The molecule has 0 fully saturated rings. The third kappa shape index (κ3) is 4.59. The largest absolute Gasteiger partial charge is 0.416 e. The van der Waals surface area contributed by atoms with Crippen LogP contribution in [0.5, 0.6) is 0 Å². The number of carbonyl (C=O) groups excluding carboxylic acids is 1. The van der Waals surface area contributed by atoms with Crippen LogP contribution in [0.25, 0.3) is 21.5 Å². The Morgan fingerprint density at radius 3 is 2.74 bits per heavy atom. The minimum Gasteiger partial charge on any atom is -0.325 e. The van der Waals surface area contributed by atoms with E-state index in [0.29, 0.717) is 11.7 Å². The lowest BCUT2D eigenvalue weighted by atomic mass is 10.1. The second-order valence-corrected chi connectivity index (χ2v) is 8.47. The number of hydrogen-bond acceptors (Lipinski definition) is 5. The number of thiophene rings is 1. The first-order chi connectivity index (χ1) is 14.9. The highest BCUT2D eigenvalue weighted by atomic mass is 32.2. The molecule has 0 aliphatic rings. The molecule has 31 heavy (non-hydrogen) atoms. The van der Waals surface area contributed by atoms with Gasteiger partial charge in [0.25, 0.3) is 0 Å². The third-order valence-electron chi connectivity index (χ3n) is 4.56. The minimum absolute atomic E-state index is 0.00123. The van der Waals surface area contributed by atoms with E-state index in [-0.39, 0.29) is 11.4 Å². The number of fused-ring (bicyclic) bond motifs is 1. The number of anilines is 1. The van der Waals surface area contributed by atoms with Crippen molar-refractivity contribution in [3.63, 3.8) is 0 Å². The molecule has 4 aromatic rings. The van der Waals surface area contributed by atoms with Gasteiger partial charge in [-0.3, -0.25) is 4.79 Å². The number of rotatable bonds is 6. The first-order valence-electron chi connectivity index (χ1n) is 9.36. The van der Waals surface area contributed by atoms with Crippen LogP contribution < -0.4 is 5.32 Å². The van der Waals surface area contributed by atoms with Crippen LogP contribution in [0.1, 0.15) is 12.5 Å². The van der Waals surface area contributed by atoms with E-state index in [9.17, 15) is 18.0 Å². The van der Waals surface area contributed by atoms with Crippen LogP contribution in [0.3, 0.4) is 0 Å². The number of thioether (sulfide) groups is 1. The average molecular weight is 463 g/mol. The first kappa shape index (κ1) is 21.4. The molecular formula is C21H17F3N4OS2. The molecule has 1 amide bonds. The van der Waals surface area contributed by atoms with E-state index in [1.807, 2.05) is 41.1 Å². The lowest BCUT2D eigenvalue weighted by molar-refractivity contribution is -0.137. The summed E-state index contributed by atoms with van der Waals surface area (Å²) in [6.07, 6.45) is -4.46. The summed E-state index contributed by atoms with van der Waals surface area (Å²) in [5.74, 6) is 0.303. The molecule has 160 valence electrons. The van der Waals surface area contributed by atoms with Crippen LogP contribution in [0.2, 0.25) is 0 Å². The van der Waals surface area contributed by atoms with Crippen molar-refractivity contribution in [2.45, 2.75) is 24.8 Å². The molecule has 0 spiro atoms. The quantitative estimate of drug-likeness (QED) is 0.361. The Morgan fingerprint density at radius 1 is 1.16 bits per heavy atom. The zero-order chi connectivity index (χ0) is 22.0. The van der Waals surface area contributed by atoms with Crippen LogP contribution in [0, 0.1) is 0 Å². The molecule has 0 aliphatic carbocycles. The van der Waals surface area contributed by atoms with E-state index in [1.165, 1.54) is 23.9 Å². The molecule has 4 rings (SSSR count). The summed E-state index contributed by atoms with van der Waals surface area (Å²) < 4.78 is 41.6. The molecule has 0 aliphatic heterocycles. The number of hydrogen-bond donors (Lipinski definition) is 1. The molecule has 0 radical (unpaired) electrons. The second kappa shape index (κ2) is 8.72. The van der Waals surface area contributed by atoms with Gasteiger partial charge < -0.3 is 9.88 Å². The third-order valence-corrected chi connectivity index (χ3v) is 6.49. The summed E-state index contributed by atoms with van der Waals surface area (Å²) in [6, 6.07) is 12.6. The molecule has 2 heterocycles. The number of carbonyl (C=O) groups is 1. The van der Waals surface area contributed by atoms with Gasteiger partial charge in [0.1, 0.15) is 0 Å². The van der Waals surface area contributed by atoms with E-state index in [1.54, 1.807) is 11.3 Å². The van der Waals surface area contributed by atoms with Crippen LogP contribution in [0.4, 0.5) is 18.9 Å². The molecule has 0 unspecified atom stereocenters. The molecular weight excluding hydrogens is 445 g/mol. The van der Waals surface area contributed by atoms with Gasteiger partial charge in [-0.15, -0.1) is 21.5 Å². The fraction of sp³-hybridized carbons (Fsp3) is 0.190. The minimum atomic E-state index is -4.46. The molecule has 2 aromatic carbocycles. The van der Waals surface area contributed by atoms with Gasteiger partial charge in [-0.2, -0.15) is 13.2 Å². The van der Waals surface area contributed by atoms with Gasteiger partial charge in [-0.05, 0) is 31.2 Å². The number of halogens is 3. The van der Waals surface area contributed by atoms with Crippen molar-refractivity contribution in [3.05, 3.63) is 59.5 Å². The van der Waals surface area contributed by atoms with Crippen molar-refractivity contribution in [1.82, 2.24) is 14.8 Å². The highest BCUT2D eigenvalue weighted by Crippen LogP contribution is 2.34. The van der Waals surface area contributed by atoms with Crippen molar-refractivity contribution in [2.75, 3.05) is 11.1 Å². The van der Waals surface area contributed by atoms with Gasteiger partial charge in [0.15, 0.2) is 11.0 Å².